The second-order valence-corrected chi connectivity index (χ2v) is 5.89. The molecule has 4 nitrogen and oxygen atoms in total. The fraction of sp³-hybridized carbons (Fsp3) is 0.917. The van der Waals surface area contributed by atoms with Gasteiger partial charge in [-0.05, 0) is 46.6 Å². The van der Waals surface area contributed by atoms with Crippen molar-refractivity contribution in [3.8, 4) is 0 Å². The molecule has 92 valence electrons. The molecular weight excluding hydrogens is 204 g/mol. The molecule has 4 heteroatoms. The zero-order valence-corrected chi connectivity index (χ0v) is 10.6. The van der Waals surface area contributed by atoms with Crippen molar-refractivity contribution in [2.24, 2.45) is 5.92 Å². The van der Waals surface area contributed by atoms with Crippen LogP contribution in [0.1, 0.15) is 34.1 Å². The van der Waals surface area contributed by atoms with E-state index in [0.29, 0.717) is 18.0 Å². The van der Waals surface area contributed by atoms with Crippen LogP contribution in [-0.2, 0) is 4.74 Å². The van der Waals surface area contributed by atoms with Gasteiger partial charge in [-0.1, -0.05) is 0 Å². The van der Waals surface area contributed by atoms with Crippen LogP contribution in [0.3, 0.4) is 0 Å². The molecule has 3 atom stereocenters. The van der Waals surface area contributed by atoms with E-state index in [1.165, 1.54) is 6.42 Å². The summed E-state index contributed by atoms with van der Waals surface area (Å²) in [5, 5.41) is 3.45. The van der Waals surface area contributed by atoms with E-state index in [2.05, 4.69) is 12.2 Å². The monoisotopic (exact) mass is 226 g/mol. The van der Waals surface area contributed by atoms with Gasteiger partial charge in [0.1, 0.15) is 5.60 Å². The molecule has 16 heavy (non-hydrogen) atoms. The van der Waals surface area contributed by atoms with Crippen molar-refractivity contribution < 1.29 is 9.53 Å². The molecule has 1 N–H and O–H groups in total. The molecule has 2 aliphatic rings. The highest BCUT2D eigenvalue weighted by molar-refractivity contribution is 5.69. The third-order valence-corrected chi connectivity index (χ3v) is 3.53. The van der Waals surface area contributed by atoms with Crippen LogP contribution in [0.5, 0.6) is 0 Å². The van der Waals surface area contributed by atoms with Crippen molar-refractivity contribution in [3.05, 3.63) is 0 Å². The minimum absolute atomic E-state index is 0.170. The number of carbonyl (C=O) groups is 1. The second-order valence-electron chi connectivity index (χ2n) is 5.89. The average molecular weight is 226 g/mol. The zero-order valence-electron chi connectivity index (χ0n) is 10.6. The third kappa shape index (κ3) is 2.17. The van der Waals surface area contributed by atoms with E-state index < -0.39 is 5.60 Å². The third-order valence-electron chi connectivity index (χ3n) is 3.53. The minimum Gasteiger partial charge on any atom is -0.444 e. The highest BCUT2D eigenvalue weighted by Gasteiger charge is 2.44. The van der Waals surface area contributed by atoms with Crippen LogP contribution in [0.4, 0.5) is 4.79 Å². The standard InChI is InChI=1S/C12H22N2O2/c1-8-9-5-6-13-10(9)7-14(8)11(15)16-12(2,3)4/h8-10,13H,5-7H2,1-4H3. The van der Waals surface area contributed by atoms with Gasteiger partial charge in [-0.25, -0.2) is 4.79 Å². The number of carbonyl (C=O) groups excluding carboxylic acids is 1. The van der Waals surface area contributed by atoms with Crippen molar-refractivity contribution in [1.82, 2.24) is 10.2 Å². The summed E-state index contributed by atoms with van der Waals surface area (Å²) >= 11 is 0. The van der Waals surface area contributed by atoms with Gasteiger partial charge < -0.3 is 15.0 Å². The van der Waals surface area contributed by atoms with E-state index in [9.17, 15) is 4.79 Å². The van der Waals surface area contributed by atoms with Gasteiger partial charge >= 0.3 is 6.09 Å². The summed E-state index contributed by atoms with van der Waals surface area (Å²) < 4.78 is 5.42. The highest BCUT2D eigenvalue weighted by atomic mass is 16.6. The van der Waals surface area contributed by atoms with E-state index in [0.717, 1.165) is 13.1 Å². The number of nitrogens with one attached hydrogen (secondary N) is 1. The van der Waals surface area contributed by atoms with Crippen molar-refractivity contribution in [1.29, 1.82) is 0 Å². The van der Waals surface area contributed by atoms with Gasteiger partial charge in [0.15, 0.2) is 0 Å². The van der Waals surface area contributed by atoms with Gasteiger partial charge in [-0.3, -0.25) is 0 Å². The fourth-order valence-corrected chi connectivity index (χ4v) is 2.74. The van der Waals surface area contributed by atoms with Crippen molar-refractivity contribution >= 4 is 6.09 Å². The minimum atomic E-state index is -0.401. The van der Waals surface area contributed by atoms with E-state index in [-0.39, 0.29) is 6.09 Å². The van der Waals surface area contributed by atoms with E-state index in [4.69, 9.17) is 4.74 Å². The molecule has 0 aliphatic carbocycles. The predicted octanol–water partition coefficient (Wildman–Crippen LogP) is 1.60. The number of ether oxygens (including phenoxy) is 1. The lowest BCUT2D eigenvalue weighted by Crippen LogP contribution is -2.41. The average Bonchev–Trinajstić information content (AvgIpc) is 2.66. The van der Waals surface area contributed by atoms with Gasteiger partial charge in [0.05, 0.1) is 0 Å². The van der Waals surface area contributed by atoms with Gasteiger partial charge in [0.2, 0.25) is 0 Å². The summed E-state index contributed by atoms with van der Waals surface area (Å²) in [5.41, 5.74) is -0.401. The summed E-state index contributed by atoms with van der Waals surface area (Å²) in [6, 6.07) is 0.775. The van der Waals surface area contributed by atoms with Gasteiger partial charge in [-0.2, -0.15) is 0 Å². The normalized spacial score (nSPS) is 34.0. The zero-order chi connectivity index (χ0) is 11.9. The maximum atomic E-state index is 12.0. The highest BCUT2D eigenvalue weighted by Crippen LogP contribution is 2.31. The van der Waals surface area contributed by atoms with E-state index in [1.54, 1.807) is 0 Å². The van der Waals surface area contributed by atoms with Crippen molar-refractivity contribution in [3.63, 3.8) is 0 Å². The Bertz CT molecular complexity index is 285. The molecule has 0 spiro atoms. The molecule has 0 saturated carbocycles. The molecule has 0 radical (unpaired) electrons. The molecule has 1 amide bonds. The molecule has 2 saturated heterocycles. The van der Waals surface area contributed by atoms with Crippen molar-refractivity contribution in [2.75, 3.05) is 13.1 Å². The van der Waals surface area contributed by atoms with Crippen LogP contribution in [0, 0.1) is 5.92 Å². The number of amides is 1. The van der Waals surface area contributed by atoms with Crippen LogP contribution in [0.2, 0.25) is 0 Å². The Kier molecular flexibility index (Phi) is 2.86. The molecular formula is C12H22N2O2. The van der Waals surface area contributed by atoms with Gasteiger partial charge in [0, 0.05) is 18.6 Å². The molecule has 0 aromatic rings. The number of fused-ring (bicyclic) bond motifs is 1. The Morgan fingerprint density at radius 3 is 2.69 bits per heavy atom. The van der Waals surface area contributed by atoms with Crippen molar-refractivity contribution in [2.45, 2.75) is 51.8 Å². The maximum absolute atomic E-state index is 12.0. The molecule has 2 fully saturated rings. The number of nitrogens with zero attached hydrogens (tertiary/aromatic N) is 1. The summed E-state index contributed by atoms with van der Waals surface area (Å²) in [7, 11) is 0. The lowest BCUT2D eigenvalue weighted by molar-refractivity contribution is 0.0218. The Balaban J connectivity index is 1.99. The first-order valence-electron chi connectivity index (χ1n) is 6.11. The number of hydrogen-bond acceptors (Lipinski definition) is 3. The summed E-state index contributed by atoms with van der Waals surface area (Å²) in [4.78, 5) is 13.8. The summed E-state index contributed by atoms with van der Waals surface area (Å²) in [6.07, 6.45) is 1.00. The smallest absolute Gasteiger partial charge is 0.410 e. The maximum Gasteiger partial charge on any atom is 0.410 e. The predicted molar refractivity (Wildman–Crippen MR) is 62.3 cm³/mol. The van der Waals surface area contributed by atoms with Crippen LogP contribution in [0.15, 0.2) is 0 Å². The molecule has 2 heterocycles. The SMILES string of the molecule is CC1C2CCNC2CN1C(=O)OC(C)(C)C. The Labute approximate surface area is 97.3 Å². The Morgan fingerprint density at radius 2 is 2.12 bits per heavy atom. The largest absolute Gasteiger partial charge is 0.444 e. The fourth-order valence-electron chi connectivity index (χ4n) is 2.74. The molecule has 0 bridgehead atoms. The molecule has 3 unspecified atom stereocenters. The number of hydrogen-bond donors (Lipinski definition) is 1. The number of likely N-dealkylation sites (tertiary alicyclic amines) is 1. The van der Waals surface area contributed by atoms with Crippen LogP contribution >= 0.6 is 0 Å². The summed E-state index contributed by atoms with van der Waals surface area (Å²) in [5.74, 6) is 0.604. The Morgan fingerprint density at radius 1 is 1.44 bits per heavy atom. The first kappa shape index (κ1) is 11.7. The van der Waals surface area contributed by atoms with Crippen LogP contribution < -0.4 is 5.32 Å². The lowest BCUT2D eigenvalue weighted by atomic mass is 9.98. The topological polar surface area (TPSA) is 41.6 Å². The van der Waals surface area contributed by atoms with Gasteiger partial charge in [0.25, 0.3) is 0 Å². The van der Waals surface area contributed by atoms with Gasteiger partial charge in [-0.15, -0.1) is 0 Å². The van der Waals surface area contributed by atoms with Crippen LogP contribution in [0.25, 0.3) is 0 Å². The first-order valence-corrected chi connectivity index (χ1v) is 6.11. The summed E-state index contributed by atoms with van der Waals surface area (Å²) in [6.45, 7) is 9.73. The quantitative estimate of drug-likeness (QED) is 0.682. The molecule has 0 aromatic heterocycles. The Hall–Kier alpha value is -0.770. The number of rotatable bonds is 0. The first-order chi connectivity index (χ1) is 7.38. The van der Waals surface area contributed by atoms with E-state index in [1.807, 2.05) is 25.7 Å². The second kappa shape index (κ2) is 3.91. The lowest BCUT2D eigenvalue weighted by Gasteiger charge is -2.28. The van der Waals surface area contributed by atoms with E-state index >= 15 is 0 Å². The molecule has 2 rings (SSSR count). The van der Waals surface area contributed by atoms with Crippen LogP contribution in [-0.4, -0.2) is 41.8 Å². The molecule has 2 aliphatic heterocycles. The molecule has 0 aromatic carbocycles.